The maximum atomic E-state index is 12.6. The minimum absolute atomic E-state index is 0.0228. The molecule has 1 fully saturated rings. The van der Waals surface area contributed by atoms with Crippen molar-refractivity contribution in [3.63, 3.8) is 0 Å². The summed E-state index contributed by atoms with van der Waals surface area (Å²) in [7, 11) is -3.83. The molecule has 1 aromatic carbocycles. The highest BCUT2D eigenvalue weighted by molar-refractivity contribution is 8.01. The zero-order chi connectivity index (χ0) is 21.0. The fourth-order valence-electron chi connectivity index (χ4n) is 2.60. The molecule has 0 aliphatic carbocycles. The van der Waals surface area contributed by atoms with Crippen LogP contribution in [0.1, 0.15) is 13.3 Å². The Balaban J connectivity index is 1.70. The summed E-state index contributed by atoms with van der Waals surface area (Å²) in [5.74, 6) is -1.32. The molecule has 0 radical (unpaired) electrons. The molecule has 1 aliphatic heterocycles. The third-order valence-electron chi connectivity index (χ3n) is 3.87. The van der Waals surface area contributed by atoms with Gasteiger partial charge in [-0.05, 0) is 31.2 Å². The number of hydrogen-bond donors (Lipinski definition) is 1. The predicted octanol–water partition coefficient (Wildman–Crippen LogP) is 1.87. The molecular weight excluding hydrogens is 438 g/mol. The summed E-state index contributed by atoms with van der Waals surface area (Å²) < 4.78 is 31.9. The van der Waals surface area contributed by atoms with Crippen LogP contribution in [0.4, 0.5) is 10.8 Å². The fraction of sp³-hybridized carbons (Fsp3) is 0.294. The Morgan fingerprint density at radius 3 is 2.69 bits per heavy atom. The highest BCUT2D eigenvalue weighted by atomic mass is 32.2. The Labute approximate surface area is 175 Å². The molecule has 1 unspecified atom stereocenters. The summed E-state index contributed by atoms with van der Waals surface area (Å²) in [5.41, 5.74) is 0.271. The fourth-order valence-corrected chi connectivity index (χ4v) is 5.32. The van der Waals surface area contributed by atoms with Crippen LogP contribution in [0, 0.1) is 0 Å². The number of hydrogen-bond acceptors (Lipinski definition) is 9. The van der Waals surface area contributed by atoms with E-state index in [1.54, 1.807) is 12.3 Å². The first-order valence-corrected chi connectivity index (χ1v) is 11.9. The Kier molecular flexibility index (Phi) is 6.55. The third kappa shape index (κ3) is 4.95. The van der Waals surface area contributed by atoms with Gasteiger partial charge in [-0.15, -0.1) is 23.1 Å². The first kappa shape index (κ1) is 21.3. The number of benzene rings is 1. The van der Waals surface area contributed by atoms with Crippen molar-refractivity contribution in [3.8, 4) is 0 Å². The Bertz CT molecular complexity index is 1010. The summed E-state index contributed by atoms with van der Waals surface area (Å²) in [4.78, 5) is 41.2. The first-order chi connectivity index (χ1) is 13.8. The highest BCUT2D eigenvalue weighted by Gasteiger charge is 2.40. The Hall–Kier alpha value is -2.44. The molecule has 1 saturated heterocycles. The van der Waals surface area contributed by atoms with Crippen molar-refractivity contribution in [3.05, 3.63) is 35.8 Å². The molecule has 0 bridgehead atoms. The number of rotatable bonds is 8. The van der Waals surface area contributed by atoms with Gasteiger partial charge >= 0.3 is 5.97 Å². The molecule has 0 spiro atoms. The van der Waals surface area contributed by atoms with Crippen molar-refractivity contribution in [1.29, 1.82) is 0 Å². The van der Waals surface area contributed by atoms with Crippen LogP contribution < -0.4 is 9.62 Å². The summed E-state index contributed by atoms with van der Waals surface area (Å²) in [6.45, 7) is 1.93. The van der Waals surface area contributed by atoms with E-state index in [1.807, 2.05) is 0 Å². The average molecular weight is 456 g/mol. The second-order valence-electron chi connectivity index (χ2n) is 5.81. The number of carbonyl (C=O) groups excluding carboxylic acids is 3. The third-order valence-corrected chi connectivity index (χ3v) is 7.22. The summed E-state index contributed by atoms with van der Waals surface area (Å²) >= 11 is 2.20. The summed E-state index contributed by atoms with van der Waals surface area (Å²) in [6, 6.07) is 5.41. The lowest BCUT2D eigenvalue weighted by Crippen LogP contribution is -2.31. The van der Waals surface area contributed by atoms with Crippen molar-refractivity contribution < 1.29 is 27.5 Å². The normalized spacial score (nSPS) is 16.9. The standard InChI is InChI=1S/C17H17N3O6S3/c1-2-26-15(22)10-28-13-9-14(21)20(16(13)23)11-3-5-12(6-4-11)29(24,25)19-17-18-7-8-27-17/h3-8,13H,2,9-10H2,1H3,(H,18,19). The molecule has 9 nitrogen and oxygen atoms in total. The minimum Gasteiger partial charge on any atom is -0.465 e. The van der Waals surface area contributed by atoms with Gasteiger partial charge < -0.3 is 4.74 Å². The van der Waals surface area contributed by atoms with E-state index in [0.29, 0.717) is 0 Å². The largest absolute Gasteiger partial charge is 0.465 e. The van der Waals surface area contributed by atoms with Crippen molar-refractivity contribution in [2.75, 3.05) is 22.0 Å². The lowest BCUT2D eigenvalue weighted by atomic mass is 10.3. The van der Waals surface area contributed by atoms with Gasteiger partial charge in [0.25, 0.3) is 10.0 Å². The second kappa shape index (κ2) is 8.93. The quantitative estimate of drug-likeness (QED) is 0.473. The average Bonchev–Trinajstić information content (AvgIpc) is 3.27. The van der Waals surface area contributed by atoms with Crippen LogP contribution in [0.3, 0.4) is 0 Å². The van der Waals surface area contributed by atoms with Crippen LogP contribution in [-0.2, 0) is 29.1 Å². The Morgan fingerprint density at radius 1 is 1.34 bits per heavy atom. The van der Waals surface area contributed by atoms with Crippen LogP contribution in [0.5, 0.6) is 0 Å². The number of thioether (sulfide) groups is 1. The maximum absolute atomic E-state index is 12.6. The summed E-state index contributed by atoms with van der Waals surface area (Å²) in [6.07, 6.45) is 1.45. The van der Waals surface area contributed by atoms with E-state index in [9.17, 15) is 22.8 Å². The molecule has 3 rings (SSSR count). The number of aromatic nitrogens is 1. The number of amides is 2. The number of carbonyl (C=O) groups is 3. The van der Waals surface area contributed by atoms with Crippen molar-refractivity contribution in [2.45, 2.75) is 23.5 Å². The van der Waals surface area contributed by atoms with E-state index >= 15 is 0 Å². The number of imide groups is 1. The van der Waals surface area contributed by atoms with Crippen molar-refractivity contribution in [1.82, 2.24) is 4.98 Å². The number of anilines is 2. The monoisotopic (exact) mass is 455 g/mol. The molecule has 2 aromatic rings. The van der Waals surface area contributed by atoms with E-state index < -0.39 is 33.1 Å². The van der Waals surface area contributed by atoms with Crippen LogP contribution in [0.25, 0.3) is 0 Å². The van der Waals surface area contributed by atoms with Gasteiger partial charge in [0.15, 0.2) is 5.13 Å². The number of thiazole rings is 1. The maximum Gasteiger partial charge on any atom is 0.315 e. The van der Waals surface area contributed by atoms with Gasteiger partial charge in [-0.3, -0.25) is 19.1 Å². The number of sulfonamides is 1. The van der Waals surface area contributed by atoms with Gasteiger partial charge in [0, 0.05) is 18.0 Å². The van der Waals surface area contributed by atoms with Gasteiger partial charge in [-0.1, -0.05) is 0 Å². The van der Waals surface area contributed by atoms with Crippen molar-refractivity contribution in [2.24, 2.45) is 0 Å². The van der Waals surface area contributed by atoms with Crippen LogP contribution in [0.15, 0.2) is 40.7 Å². The molecule has 154 valence electrons. The van der Waals surface area contributed by atoms with Crippen LogP contribution in [-0.4, -0.2) is 48.8 Å². The predicted molar refractivity (Wildman–Crippen MR) is 109 cm³/mol. The number of nitrogens with zero attached hydrogens (tertiary/aromatic N) is 2. The highest BCUT2D eigenvalue weighted by Crippen LogP contribution is 2.30. The molecule has 2 heterocycles. The zero-order valence-corrected chi connectivity index (χ0v) is 17.7. The van der Waals surface area contributed by atoms with Crippen LogP contribution >= 0.6 is 23.1 Å². The molecule has 0 saturated carbocycles. The van der Waals surface area contributed by atoms with E-state index in [1.165, 1.54) is 30.5 Å². The van der Waals surface area contributed by atoms with E-state index in [2.05, 4.69) is 9.71 Å². The van der Waals surface area contributed by atoms with Gasteiger partial charge in [0.05, 0.1) is 28.2 Å². The lowest BCUT2D eigenvalue weighted by Gasteiger charge is -2.15. The molecule has 2 amide bonds. The SMILES string of the molecule is CCOC(=O)CSC1CC(=O)N(c2ccc(S(=O)(=O)Nc3nccs3)cc2)C1=O. The van der Waals surface area contributed by atoms with E-state index in [-0.39, 0.29) is 34.5 Å². The molecule has 1 atom stereocenters. The van der Waals surface area contributed by atoms with Gasteiger partial charge in [-0.25, -0.2) is 18.3 Å². The van der Waals surface area contributed by atoms with Gasteiger partial charge in [0.1, 0.15) is 0 Å². The number of ether oxygens (including phenoxy) is 1. The molecule has 1 aliphatic rings. The van der Waals surface area contributed by atoms with Gasteiger partial charge in [0.2, 0.25) is 11.8 Å². The van der Waals surface area contributed by atoms with E-state index in [4.69, 9.17) is 4.74 Å². The number of esters is 1. The topological polar surface area (TPSA) is 123 Å². The molecule has 12 heteroatoms. The first-order valence-electron chi connectivity index (χ1n) is 8.48. The molecule has 1 aromatic heterocycles. The summed E-state index contributed by atoms with van der Waals surface area (Å²) in [5, 5.41) is 1.20. The Morgan fingerprint density at radius 2 is 2.07 bits per heavy atom. The van der Waals surface area contributed by atoms with Gasteiger partial charge in [-0.2, -0.15) is 0 Å². The lowest BCUT2D eigenvalue weighted by molar-refractivity contribution is -0.139. The molecular formula is C17H17N3O6S3. The minimum atomic E-state index is -3.83. The van der Waals surface area contributed by atoms with E-state index in [0.717, 1.165) is 28.0 Å². The van der Waals surface area contributed by atoms with Crippen molar-refractivity contribution >= 4 is 61.7 Å². The molecule has 29 heavy (non-hydrogen) atoms. The van der Waals surface area contributed by atoms with Crippen LogP contribution in [0.2, 0.25) is 0 Å². The number of nitrogens with one attached hydrogen (secondary N) is 1. The zero-order valence-electron chi connectivity index (χ0n) is 15.2. The smallest absolute Gasteiger partial charge is 0.315 e. The second-order valence-corrected chi connectivity index (χ2v) is 9.58. The molecule has 1 N–H and O–H groups in total.